The number of hydrogen-bond acceptors (Lipinski definition) is 2. The maximum absolute atomic E-state index is 13.0. The Kier molecular flexibility index (Phi) is 4.69. The second kappa shape index (κ2) is 6.55. The molecule has 1 aliphatic rings. The number of fused-ring (bicyclic) bond motifs is 1. The van der Waals surface area contributed by atoms with Crippen LogP contribution in [0.1, 0.15) is 22.7 Å². The molecule has 0 amide bonds. The molecule has 1 unspecified atom stereocenters. The van der Waals surface area contributed by atoms with Crippen molar-refractivity contribution in [2.75, 3.05) is 13.1 Å². The molecule has 0 saturated heterocycles. The molecule has 0 aromatic heterocycles. The van der Waals surface area contributed by atoms with Gasteiger partial charge in [-0.25, -0.2) is 4.39 Å². The van der Waals surface area contributed by atoms with Gasteiger partial charge in [0, 0.05) is 35.7 Å². The third-order valence-electron chi connectivity index (χ3n) is 4.15. The summed E-state index contributed by atoms with van der Waals surface area (Å²) in [7, 11) is 0. The lowest BCUT2D eigenvalue weighted by atomic mass is 10.0. The molecule has 2 nitrogen and oxygen atoms in total. The van der Waals surface area contributed by atoms with Crippen molar-refractivity contribution < 1.29 is 4.39 Å². The average molecular weight is 339 g/mol. The molecule has 0 radical (unpaired) electrons. The first kappa shape index (κ1) is 15.8. The summed E-state index contributed by atoms with van der Waals surface area (Å²) in [4.78, 5) is 2.30. The topological polar surface area (TPSA) is 29.3 Å². The number of rotatable bonds is 4. The molecule has 0 bridgehead atoms. The molecule has 116 valence electrons. The summed E-state index contributed by atoms with van der Waals surface area (Å²) in [6.07, 6.45) is 0.843. The molecule has 0 fully saturated rings. The molecule has 1 heterocycles. The Hall–Kier alpha value is -1.13. The van der Waals surface area contributed by atoms with E-state index in [2.05, 4.69) is 4.90 Å². The van der Waals surface area contributed by atoms with Crippen molar-refractivity contribution in [3.63, 3.8) is 0 Å². The van der Waals surface area contributed by atoms with E-state index in [1.165, 1.54) is 12.1 Å². The van der Waals surface area contributed by atoms with Crippen LogP contribution in [0, 0.1) is 5.82 Å². The second-order valence-electron chi connectivity index (χ2n) is 5.56. The van der Waals surface area contributed by atoms with Gasteiger partial charge in [0.05, 0.1) is 0 Å². The van der Waals surface area contributed by atoms with Gasteiger partial charge in [-0.3, -0.25) is 4.90 Å². The van der Waals surface area contributed by atoms with Gasteiger partial charge in [-0.1, -0.05) is 35.3 Å². The Morgan fingerprint density at radius 1 is 1.18 bits per heavy atom. The van der Waals surface area contributed by atoms with Crippen molar-refractivity contribution in [1.82, 2.24) is 4.90 Å². The maximum atomic E-state index is 13.0. The second-order valence-corrected chi connectivity index (χ2v) is 6.40. The number of benzene rings is 2. The Bertz CT molecular complexity index is 673. The molecular weight excluding hydrogens is 322 g/mol. The summed E-state index contributed by atoms with van der Waals surface area (Å²) < 4.78 is 13.0. The van der Waals surface area contributed by atoms with Gasteiger partial charge in [0.1, 0.15) is 5.82 Å². The van der Waals surface area contributed by atoms with Crippen LogP contribution in [-0.4, -0.2) is 18.0 Å². The van der Waals surface area contributed by atoms with Crippen molar-refractivity contribution in [3.8, 4) is 0 Å². The van der Waals surface area contributed by atoms with Gasteiger partial charge >= 0.3 is 0 Å². The van der Waals surface area contributed by atoms with Crippen molar-refractivity contribution in [3.05, 3.63) is 69.0 Å². The minimum Gasteiger partial charge on any atom is -0.329 e. The highest BCUT2D eigenvalue weighted by atomic mass is 35.5. The standard InChI is InChI=1S/C17H17Cl2FN2/c18-13-7-12-10-22(16(9-21)17(12)15(19)8-13)6-5-11-1-3-14(20)4-2-11/h1-4,7-8,16H,5-6,9-10,21H2. The molecule has 22 heavy (non-hydrogen) atoms. The molecule has 0 spiro atoms. The van der Waals surface area contributed by atoms with Crippen LogP contribution in [0.5, 0.6) is 0 Å². The third-order valence-corrected chi connectivity index (χ3v) is 4.68. The minimum atomic E-state index is -0.210. The fourth-order valence-corrected chi connectivity index (χ4v) is 3.74. The molecular formula is C17H17Cl2FN2. The van der Waals surface area contributed by atoms with Crippen LogP contribution in [0.2, 0.25) is 10.0 Å². The molecule has 2 aromatic rings. The summed E-state index contributed by atoms with van der Waals surface area (Å²) in [6, 6.07) is 10.5. The van der Waals surface area contributed by atoms with Crippen LogP contribution in [-0.2, 0) is 13.0 Å². The molecule has 2 N–H and O–H groups in total. The Morgan fingerprint density at radius 3 is 2.59 bits per heavy atom. The normalized spacial score (nSPS) is 17.7. The molecule has 1 atom stereocenters. The highest BCUT2D eigenvalue weighted by Gasteiger charge is 2.31. The predicted octanol–water partition coefficient (Wildman–Crippen LogP) is 4.19. The average Bonchev–Trinajstić information content (AvgIpc) is 2.84. The van der Waals surface area contributed by atoms with Gasteiger partial charge in [-0.15, -0.1) is 0 Å². The van der Waals surface area contributed by atoms with Crippen LogP contribution in [0.15, 0.2) is 36.4 Å². The quantitative estimate of drug-likeness (QED) is 0.905. The van der Waals surface area contributed by atoms with E-state index in [4.69, 9.17) is 28.9 Å². The van der Waals surface area contributed by atoms with Gasteiger partial charge in [0.2, 0.25) is 0 Å². The first-order chi connectivity index (χ1) is 10.6. The van der Waals surface area contributed by atoms with E-state index in [1.807, 2.05) is 18.2 Å². The molecule has 3 rings (SSSR count). The lowest BCUT2D eigenvalue weighted by Crippen LogP contribution is -2.29. The van der Waals surface area contributed by atoms with E-state index >= 15 is 0 Å². The fourth-order valence-electron chi connectivity index (χ4n) is 3.08. The lowest BCUT2D eigenvalue weighted by Gasteiger charge is -2.24. The Morgan fingerprint density at radius 2 is 1.91 bits per heavy atom. The van der Waals surface area contributed by atoms with Gasteiger partial charge in [-0.2, -0.15) is 0 Å². The largest absolute Gasteiger partial charge is 0.329 e. The summed E-state index contributed by atoms with van der Waals surface area (Å²) in [6.45, 7) is 2.15. The fraction of sp³-hybridized carbons (Fsp3) is 0.294. The van der Waals surface area contributed by atoms with E-state index < -0.39 is 0 Å². The Balaban J connectivity index is 1.75. The SMILES string of the molecule is NCC1c2c(Cl)cc(Cl)cc2CN1CCc1ccc(F)cc1. The van der Waals surface area contributed by atoms with Crippen molar-refractivity contribution in [2.24, 2.45) is 5.73 Å². The molecule has 5 heteroatoms. The Labute approximate surface area is 139 Å². The molecule has 0 saturated carbocycles. The molecule has 0 aliphatic carbocycles. The summed E-state index contributed by atoms with van der Waals surface area (Å²) in [5.41, 5.74) is 9.30. The zero-order chi connectivity index (χ0) is 15.7. The van der Waals surface area contributed by atoms with Crippen LogP contribution < -0.4 is 5.73 Å². The predicted molar refractivity (Wildman–Crippen MR) is 88.8 cm³/mol. The number of nitrogens with two attached hydrogens (primary N) is 1. The van der Waals surface area contributed by atoms with E-state index in [0.717, 1.165) is 36.2 Å². The van der Waals surface area contributed by atoms with Gasteiger partial charge < -0.3 is 5.73 Å². The van der Waals surface area contributed by atoms with E-state index in [1.54, 1.807) is 6.07 Å². The van der Waals surface area contributed by atoms with E-state index in [-0.39, 0.29) is 11.9 Å². The van der Waals surface area contributed by atoms with E-state index in [9.17, 15) is 4.39 Å². The van der Waals surface area contributed by atoms with Crippen molar-refractivity contribution in [1.29, 1.82) is 0 Å². The number of nitrogens with zero attached hydrogens (tertiary/aromatic N) is 1. The minimum absolute atomic E-state index is 0.111. The van der Waals surface area contributed by atoms with Gasteiger partial charge in [0.25, 0.3) is 0 Å². The van der Waals surface area contributed by atoms with Crippen molar-refractivity contribution in [2.45, 2.75) is 19.0 Å². The molecule has 2 aromatic carbocycles. The van der Waals surface area contributed by atoms with Crippen LogP contribution >= 0.6 is 23.2 Å². The number of halogens is 3. The smallest absolute Gasteiger partial charge is 0.123 e. The first-order valence-corrected chi connectivity index (χ1v) is 8.00. The highest BCUT2D eigenvalue weighted by Crippen LogP contribution is 2.39. The monoisotopic (exact) mass is 338 g/mol. The van der Waals surface area contributed by atoms with Crippen LogP contribution in [0.25, 0.3) is 0 Å². The summed E-state index contributed by atoms with van der Waals surface area (Å²) in [5.74, 6) is -0.210. The van der Waals surface area contributed by atoms with E-state index in [0.29, 0.717) is 16.6 Å². The number of hydrogen-bond donors (Lipinski definition) is 1. The maximum Gasteiger partial charge on any atom is 0.123 e. The van der Waals surface area contributed by atoms with Crippen LogP contribution in [0.3, 0.4) is 0 Å². The van der Waals surface area contributed by atoms with Gasteiger partial charge in [0.15, 0.2) is 0 Å². The lowest BCUT2D eigenvalue weighted by molar-refractivity contribution is 0.223. The van der Waals surface area contributed by atoms with Crippen molar-refractivity contribution >= 4 is 23.2 Å². The molecule has 1 aliphatic heterocycles. The van der Waals surface area contributed by atoms with Gasteiger partial charge in [-0.05, 0) is 47.4 Å². The zero-order valence-corrected chi connectivity index (χ0v) is 13.5. The summed E-state index contributed by atoms with van der Waals surface area (Å²) >= 11 is 12.4. The third kappa shape index (κ3) is 3.13. The highest BCUT2D eigenvalue weighted by molar-refractivity contribution is 6.35. The first-order valence-electron chi connectivity index (χ1n) is 7.25. The summed E-state index contributed by atoms with van der Waals surface area (Å²) in [5, 5.41) is 1.34. The zero-order valence-electron chi connectivity index (χ0n) is 12.0. The van der Waals surface area contributed by atoms with Crippen LogP contribution in [0.4, 0.5) is 4.39 Å².